The van der Waals surface area contributed by atoms with E-state index in [1.807, 2.05) is 0 Å². The van der Waals surface area contributed by atoms with E-state index in [2.05, 4.69) is 73.2 Å². The molecule has 100 valence electrons. The molecule has 0 bridgehead atoms. The molecule has 2 rings (SSSR count). The lowest BCUT2D eigenvalue weighted by Crippen LogP contribution is -2.32. The number of hydrogen-bond acceptors (Lipinski definition) is 1. The number of rotatable bonds is 3. The third-order valence-electron chi connectivity index (χ3n) is 3.64. The molecule has 0 N–H and O–H groups in total. The number of nitrogens with zero attached hydrogens (tertiary/aromatic N) is 1. The summed E-state index contributed by atoms with van der Waals surface area (Å²) < 4.78 is 0. The maximum Gasteiger partial charge on any atom is 0.0342 e. The van der Waals surface area contributed by atoms with Crippen molar-refractivity contribution in [1.29, 1.82) is 0 Å². The van der Waals surface area contributed by atoms with Crippen LogP contribution in [0.4, 0.5) is 0 Å². The van der Waals surface area contributed by atoms with Crippen LogP contribution in [0.5, 0.6) is 0 Å². The van der Waals surface area contributed by atoms with Crippen LogP contribution in [0.2, 0.25) is 0 Å². The number of allylic oxidation sites excluding steroid dienone is 3. The van der Waals surface area contributed by atoms with Crippen LogP contribution < -0.4 is 0 Å². The van der Waals surface area contributed by atoms with Crippen molar-refractivity contribution >= 4 is 0 Å². The van der Waals surface area contributed by atoms with Crippen LogP contribution in [0, 0.1) is 0 Å². The Balaban J connectivity index is 2.03. The minimum atomic E-state index is 0.441. The summed E-state index contributed by atoms with van der Waals surface area (Å²) in [6.07, 6.45) is 12.2. The SMILES string of the molecule is C=C1/C=C\C=C/CCC[C@@H]1N(C)Cc1ccccc1. The fourth-order valence-electron chi connectivity index (χ4n) is 2.56. The van der Waals surface area contributed by atoms with Crippen molar-refractivity contribution in [2.75, 3.05) is 7.05 Å². The second-order valence-electron chi connectivity index (χ2n) is 5.21. The Labute approximate surface area is 116 Å². The van der Waals surface area contributed by atoms with Crippen LogP contribution in [-0.4, -0.2) is 18.0 Å². The third-order valence-corrected chi connectivity index (χ3v) is 3.64. The number of hydrogen-bond donors (Lipinski definition) is 0. The highest BCUT2D eigenvalue weighted by Gasteiger charge is 2.16. The summed E-state index contributed by atoms with van der Waals surface area (Å²) in [6, 6.07) is 11.1. The van der Waals surface area contributed by atoms with Crippen molar-refractivity contribution in [3.05, 3.63) is 72.4 Å². The molecule has 0 fully saturated rings. The first-order valence-electron chi connectivity index (χ1n) is 7.03. The summed E-state index contributed by atoms with van der Waals surface area (Å²) in [5.74, 6) is 0. The van der Waals surface area contributed by atoms with E-state index in [4.69, 9.17) is 0 Å². The van der Waals surface area contributed by atoms with Crippen molar-refractivity contribution in [2.24, 2.45) is 0 Å². The molecule has 0 radical (unpaired) electrons. The molecule has 19 heavy (non-hydrogen) atoms. The fraction of sp³-hybridized carbons (Fsp3) is 0.333. The third kappa shape index (κ3) is 4.22. The quantitative estimate of drug-likeness (QED) is 0.774. The molecule has 0 aromatic heterocycles. The van der Waals surface area contributed by atoms with E-state index in [9.17, 15) is 0 Å². The second-order valence-corrected chi connectivity index (χ2v) is 5.21. The predicted molar refractivity (Wildman–Crippen MR) is 83.0 cm³/mol. The Kier molecular flexibility index (Phi) is 5.17. The Bertz CT molecular complexity index is 456. The predicted octanol–water partition coefficient (Wildman–Crippen LogP) is 4.34. The molecule has 1 aliphatic rings. The van der Waals surface area contributed by atoms with Crippen molar-refractivity contribution < 1.29 is 0 Å². The maximum absolute atomic E-state index is 4.24. The van der Waals surface area contributed by atoms with Crippen LogP contribution >= 0.6 is 0 Å². The lowest BCUT2D eigenvalue weighted by atomic mass is 10.0. The normalized spacial score (nSPS) is 23.5. The zero-order chi connectivity index (χ0) is 13.5. The van der Waals surface area contributed by atoms with Crippen LogP contribution in [0.15, 0.2) is 66.8 Å². The van der Waals surface area contributed by atoms with Gasteiger partial charge in [-0.1, -0.05) is 61.2 Å². The molecular formula is C18H23N. The van der Waals surface area contributed by atoms with Gasteiger partial charge < -0.3 is 0 Å². The van der Waals surface area contributed by atoms with Crippen LogP contribution in [0.3, 0.4) is 0 Å². The van der Waals surface area contributed by atoms with Crippen molar-refractivity contribution in [3.8, 4) is 0 Å². The Morgan fingerprint density at radius 2 is 2.00 bits per heavy atom. The minimum Gasteiger partial charge on any atom is -0.295 e. The first kappa shape index (κ1) is 13.8. The molecule has 0 saturated heterocycles. The second kappa shape index (κ2) is 7.10. The largest absolute Gasteiger partial charge is 0.295 e. The van der Waals surface area contributed by atoms with E-state index >= 15 is 0 Å². The zero-order valence-corrected chi connectivity index (χ0v) is 11.8. The zero-order valence-electron chi connectivity index (χ0n) is 11.8. The average Bonchev–Trinajstić information content (AvgIpc) is 2.52. The van der Waals surface area contributed by atoms with E-state index in [1.165, 1.54) is 24.0 Å². The first-order chi connectivity index (χ1) is 9.27. The van der Waals surface area contributed by atoms with Crippen LogP contribution in [0.25, 0.3) is 0 Å². The highest BCUT2D eigenvalue weighted by atomic mass is 15.1. The standard InChI is InChI=1S/C18H23N/c1-16-11-7-4-3-5-10-14-18(16)19(2)15-17-12-8-6-9-13-17/h3-4,6-9,11-13,18H,1,5,10,14-15H2,2H3/b4-3-,11-7-/t18-/m0/s1. The van der Waals surface area contributed by atoms with E-state index in [-0.39, 0.29) is 0 Å². The molecule has 1 heteroatoms. The molecule has 1 aromatic carbocycles. The summed E-state index contributed by atoms with van der Waals surface area (Å²) in [5, 5.41) is 0. The number of likely N-dealkylation sites (N-methyl/N-ethyl adjacent to an activating group) is 1. The van der Waals surface area contributed by atoms with Crippen LogP contribution in [-0.2, 0) is 6.54 Å². The van der Waals surface area contributed by atoms with Gasteiger partial charge in [0.05, 0.1) is 0 Å². The van der Waals surface area contributed by atoms with Crippen molar-refractivity contribution in [3.63, 3.8) is 0 Å². The van der Waals surface area contributed by atoms with Gasteiger partial charge in [-0.2, -0.15) is 0 Å². The Hall–Kier alpha value is -1.60. The van der Waals surface area contributed by atoms with Gasteiger partial charge in [0.2, 0.25) is 0 Å². The first-order valence-corrected chi connectivity index (χ1v) is 7.03. The molecule has 0 heterocycles. The molecule has 1 atom stereocenters. The molecular weight excluding hydrogens is 230 g/mol. The summed E-state index contributed by atoms with van der Waals surface area (Å²) >= 11 is 0. The lowest BCUT2D eigenvalue weighted by Gasteiger charge is -2.28. The Morgan fingerprint density at radius 3 is 2.79 bits per heavy atom. The van der Waals surface area contributed by atoms with Gasteiger partial charge in [-0.25, -0.2) is 0 Å². The van der Waals surface area contributed by atoms with Crippen LogP contribution in [0.1, 0.15) is 24.8 Å². The molecule has 0 amide bonds. The monoisotopic (exact) mass is 253 g/mol. The average molecular weight is 253 g/mol. The molecule has 0 unspecified atom stereocenters. The summed E-state index contributed by atoms with van der Waals surface area (Å²) in [6.45, 7) is 5.22. The van der Waals surface area contributed by atoms with Gasteiger partial charge in [0.15, 0.2) is 0 Å². The summed E-state index contributed by atoms with van der Waals surface area (Å²) in [4.78, 5) is 2.41. The highest BCUT2D eigenvalue weighted by Crippen LogP contribution is 2.19. The minimum absolute atomic E-state index is 0.441. The van der Waals surface area contributed by atoms with Gasteiger partial charge in [-0.05, 0) is 37.4 Å². The maximum atomic E-state index is 4.24. The van der Waals surface area contributed by atoms with Gasteiger partial charge in [-0.15, -0.1) is 0 Å². The van der Waals surface area contributed by atoms with E-state index < -0.39 is 0 Å². The van der Waals surface area contributed by atoms with E-state index in [0.717, 1.165) is 13.0 Å². The molecule has 1 aromatic rings. The molecule has 0 spiro atoms. The topological polar surface area (TPSA) is 3.24 Å². The molecule has 0 saturated carbocycles. The molecule has 0 aliphatic heterocycles. The van der Waals surface area contributed by atoms with Gasteiger partial charge >= 0.3 is 0 Å². The molecule has 1 aliphatic carbocycles. The number of benzene rings is 1. The fourth-order valence-corrected chi connectivity index (χ4v) is 2.56. The smallest absolute Gasteiger partial charge is 0.0342 e. The van der Waals surface area contributed by atoms with Crippen molar-refractivity contribution in [1.82, 2.24) is 4.90 Å². The van der Waals surface area contributed by atoms with Crippen molar-refractivity contribution in [2.45, 2.75) is 31.8 Å². The Morgan fingerprint density at radius 1 is 1.21 bits per heavy atom. The summed E-state index contributed by atoms with van der Waals surface area (Å²) in [7, 11) is 2.20. The molecule has 1 nitrogen and oxygen atoms in total. The van der Waals surface area contributed by atoms with Gasteiger partial charge in [0.25, 0.3) is 0 Å². The van der Waals surface area contributed by atoms with Gasteiger partial charge in [0, 0.05) is 12.6 Å². The van der Waals surface area contributed by atoms with Gasteiger partial charge in [0.1, 0.15) is 0 Å². The summed E-state index contributed by atoms with van der Waals surface area (Å²) in [5.41, 5.74) is 2.57. The van der Waals surface area contributed by atoms with E-state index in [0.29, 0.717) is 6.04 Å². The lowest BCUT2D eigenvalue weighted by molar-refractivity contribution is 0.252. The van der Waals surface area contributed by atoms with Gasteiger partial charge in [-0.3, -0.25) is 4.90 Å². The van der Waals surface area contributed by atoms with E-state index in [1.54, 1.807) is 0 Å². The highest BCUT2D eigenvalue weighted by molar-refractivity contribution is 5.25.